The first-order valence-electron chi connectivity index (χ1n) is 10.9. The van der Waals surface area contributed by atoms with Crippen molar-refractivity contribution in [1.82, 2.24) is 19.2 Å². The number of piperazine rings is 1. The van der Waals surface area contributed by atoms with E-state index in [9.17, 15) is 4.79 Å². The highest BCUT2D eigenvalue weighted by Crippen LogP contribution is 2.27. The number of piperidine rings is 1. The van der Waals surface area contributed by atoms with Gasteiger partial charge in [-0.15, -0.1) is 0 Å². The molecule has 3 heterocycles. The van der Waals surface area contributed by atoms with Gasteiger partial charge in [0.15, 0.2) is 0 Å². The Morgan fingerprint density at radius 3 is 2.83 bits per heavy atom. The number of aromatic nitrogens is 2. The van der Waals surface area contributed by atoms with Crippen molar-refractivity contribution in [3.05, 3.63) is 35.7 Å². The van der Waals surface area contributed by atoms with Crippen LogP contribution in [0.4, 0.5) is 5.13 Å². The van der Waals surface area contributed by atoms with Crippen molar-refractivity contribution in [3.8, 4) is 5.75 Å². The average molecular weight is 430 g/mol. The normalized spacial score (nSPS) is 20.4. The first-order valence-corrected chi connectivity index (χ1v) is 11.6. The smallest absolute Gasteiger partial charge is 0.227 e. The molecular weight excluding hydrogens is 398 g/mol. The van der Waals surface area contributed by atoms with Gasteiger partial charge in [-0.25, -0.2) is 4.98 Å². The van der Waals surface area contributed by atoms with Crippen molar-refractivity contribution >= 4 is 22.6 Å². The molecule has 0 saturated carbocycles. The van der Waals surface area contributed by atoms with Crippen LogP contribution in [0.2, 0.25) is 0 Å². The number of likely N-dealkylation sites (N-methyl/N-ethyl adjacent to an activating group) is 1. The third kappa shape index (κ3) is 4.92. The lowest BCUT2D eigenvalue weighted by atomic mass is 9.96. The Labute approximate surface area is 182 Å². The van der Waals surface area contributed by atoms with Crippen molar-refractivity contribution in [1.29, 1.82) is 0 Å². The fourth-order valence-corrected chi connectivity index (χ4v) is 5.03. The second kappa shape index (κ2) is 9.75. The summed E-state index contributed by atoms with van der Waals surface area (Å²) in [6.07, 6.45) is 2.68. The molecule has 0 bridgehead atoms. The van der Waals surface area contributed by atoms with Gasteiger partial charge in [-0.1, -0.05) is 19.1 Å². The van der Waals surface area contributed by atoms with Crippen LogP contribution < -0.4 is 9.64 Å². The number of nitrogens with zero attached hydrogens (tertiary/aromatic N) is 5. The molecule has 7 nitrogen and oxygen atoms in total. The molecule has 162 valence electrons. The third-order valence-electron chi connectivity index (χ3n) is 6.13. The summed E-state index contributed by atoms with van der Waals surface area (Å²) >= 11 is 1.44. The molecule has 4 rings (SSSR count). The minimum absolute atomic E-state index is 0.0673. The largest absolute Gasteiger partial charge is 0.497 e. The standard InChI is InChI=1S/C22H31N5O2S/c1-3-25-10-12-26(13-11-25)21(28)18-7-5-9-27(16-18)22-23-20(24-30-22)15-17-6-4-8-19(14-17)29-2/h4,6,8,14,18H,3,5,7,9-13,15-16H2,1-2H3. The van der Waals surface area contributed by atoms with Crippen LogP contribution in [0.3, 0.4) is 0 Å². The summed E-state index contributed by atoms with van der Waals surface area (Å²) in [6, 6.07) is 8.02. The molecule has 2 aliphatic rings. The quantitative estimate of drug-likeness (QED) is 0.703. The lowest BCUT2D eigenvalue weighted by Crippen LogP contribution is -2.52. The van der Waals surface area contributed by atoms with Crippen LogP contribution in [0, 0.1) is 5.92 Å². The summed E-state index contributed by atoms with van der Waals surface area (Å²) in [5.74, 6) is 2.06. The van der Waals surface area contributed by atoms with E-state index in [4.69, 9.17) is 9.72 Å². The number of methoxy groups -OCH3 is 1. The summed E-state index contributed by atoms with van der Waals surface area (Å²) in [6.45, 7) is 8.63. The van der Waals surface area contributed by atoms with Gasteiger partial charge in [0.05, 0.1) is 13.0 Å². The molecule has 1 unspecified atom stereocenters. The van der Waals surface area contributed by atoms with Crippen molar-refractivity contribution in [3.63, 3.8) is 0 Å². The van der Waals surface area contributed by atoms with Crippen molar-refractivity contribution in [2.75, 3.05) is 57.8 Å². The topological polar surface area (TPSA) is 61.8 Å². The van der Waals surface area contributed by atoms with E-state index >= 15 is 0 Å². The minimum atomic E-state index is 0.0673. The van der Waals surface area contributed by atoms with Crippen LogP contribution >= 0.6 is 11.5 Å². The fourth-order valence-electron chi connectivity index (χ4n) is 4.31. The third-order valence-corrected chi connectivity index (χ3v) is 6.94. The van der Waals surface area contributed by atoms with E-state index in [-0.39, 0.29) is 5.92 Å². The molecule has 2 saturated heterocycles. The Balaban J connectivity index is 1.36. The lowest BCUT2D eigenvalue weighted by molar-refractivity contribution is -0.137. The summed E-state index contributed by atoms with van der Waals surface area (Å²) in [7, 11) is 1.68. The Morgan fingerprint density at radius 1 is 1.23 bits per heavy atom. The molecule has 1 aromatic carbocycles. The summed E-state index contributed by atoms with van der Waals surface area (Å²) in [5, 5.41) is 0.932. The molecule has 1 aromatic heterocycles. The predicted molar refractivity (Wildman–Crippen MR) is 119 cm³/mol. The zero-order valence-corrected chi connectivity index (χ0v) is 18.7. The lowest BCUT2D eigenvalue weighted by Gasteiger charge is -2.38. The number of hydrogen-bond acceptors (Lipinski definition) is 7. The maximum Gasteiger partial charge on any atom is 0.227 e. The molecular formula is C22H31N5O2S. The van der Waals surface area contributed by atoms with Gasteiger partial charge in [-0.05, 0) is 37.1 Å². The van der Waals surface area contributed by atoms with Gasteiger partial charge in [-0.3, -0.25) is 4.79 Å². The number of anilines is 1. The SMILES string of the molecule is CCN1CCN(C(=O)C2CCCN(c3nc(Cc4cccc(OC)c4)ns3)C2)CC1. The van der Waals surface area contributed by atoms with E-state index in [1.54, 1.807) is 7.11 Å². The summed E-state index contributed by atoms with van der Waals surface area (Å²) in [4.78, 5) is 24.6. The van der Waals surface area contributed by atoms with E-state index in [1.165, 1.54) is 11.5 Å². The van der Waals surface area contributed by atoms with Gasteiger partial charge in [0.2, 0.25) is 11.0 Å². The van der Waals surface area contributed by atoms with Gasteiger partial charge in [0, 0.05) is 57.2 Å². The van der Waals surface area contributed by atoms with Gasteiger partial charge >= 0.3 is 0 Å². The fraction of sp³-hybridized carbons (Fsp3) is 0.591. The number of ether oxygens (including phenoxy) is 1. The van der Waals surface area contributed by atoms with E-state index < -0.39 is 0 Å². The van der Waals surface area contributed by atoms with Crippen molar-refractivity contribution in [2.45, 2.75) is 26.2 Å². The van der Waals surface area contributed by atoms with E-state index in [0.717, 1.165) is 80.9 Å². The number of benzene rings is 1. The van der Waals surface area contributed by atoms with E-state index in [0.29, 0.717) is 12.3 Å². The molecule has 1 atom stereocenters. The van der Waals surface area contributed by atoms with Crippen molar-refractivity contribution < 1.29 is 9.53 Å². The minimum Gasteiger partial charge on any atom is -0.497 e. The number of hydrogen-bond donors (Lipinski definition) is 0. The number of rotatable bonds is 6. The first kappa shape index (κ1) is 21.1. The van der Waals surface area contributed by atoms with Gasteiger partial charge in [0.1, 0.15) is 11.6 Å². The van der Waals surface area contributed by atoms with Gasteiger partial charge in [0.25, 0.3) is 0 Å². The maximum absolute atomic E-state index is 13.1. The average Bonchev–Trinajstić information content (AvgIpc) is 3.27. The zero-order chi connectivity index (χ0) is 20.9. The monoisotopic (exact) mass is 429 g/mol. The van der Waals surface area contributed by atoms with Gasteiger partial charge in [-0.2, -0.15) is 4.37 Å². The highest BCUT2D eigenvalue weighted by molar-refractivity contribution is 7.09. The van der Waals surface area contributed by atoms with Crippen LogP contribution in [0.25, 0.3) is 0 Å². The number of amides is 1. The summed E-state index contributed by atoms with van der Waals surface area (Å²) in [5.41, 5.74) is 1.14. The predicted octanol–water partition coefficient (Wildman–Crippen LogP) is 2.52. The van der Waals surface area contributed by atoms with E-state index in [1.807, 2.05) is 18.2 Å². The Morgan fingerprint density at radius 2 is 2.07 bits per heavy atom. The van der Waals surface area contributed by atoms with Crippen molar-refractivity contribution in [2.24, 2.45) is 5.92 Å². The summed E-state index contributed by atoms with van der Waals surface area (Å²) < 4.78 is 9.87. The molecule has 1 amide bonds. The maximum atomic E-state index is 13.1. The molecule has 8 heteroatoms. The van der Waals surface area contributed by atoms with Crippen LogP contribution in [0.15, 0.2) is 24.3 Å². The molecule has 0 N–H and O–H groups in total. The zero-order valence-electron chi connectivity index (χ0n) is 17.9. The number of carbonyl (C=O) groups excluding carboxylic acids is 1. The Kier molecular flexibility index (Phi) is 6.84. The molecule has 30 heavy (non-hydrogen) atoms. The Hall–Kier alpha value is -2.19. The highest BCUT2D eigenvalue weighted by atomic mass is 32.1. The molecule has 0 spiro atoms. The molecule has 0 aliphatic carbocycles. The van der Waals surface area contributed by atoms with Crippen LogP contribution in [-0.4, -0.2) is 78.0 Å². The molecule has 2 fully saturated rings. The van der Waals surface area contributed by atoms with Gasteiger partial charge < -0.3 is 19.4 Å². The van der Waals surface area contributed by atoms with Crippen LogP contribution in [0.1, 0.15) is 31.2 Å². The van der Waals surface area contributed by atoms with Crippen LogP contribution in [-0.2, 0) is 11.2 Å². The Bertz CT molecular complexity index is 850. The number of carbonyl (C=O) groups is 1. The highest BCUT2D eigenvalue weighted by Gasteiger charge is 2.31. The molecule has 2 aliphatic heterocycles. The van der Waals surface area contributed by atoms with E-state index in [2.05, 4.69) is 32.1 Å². The second-order valence-electron chi connectivity index (χ2n) is 8.07. The second-order valence-corrected chi connectivity index (χ2v) is 8.80. The molecule has 0 radical (unpaired) electrons. The van der Waals surface area contributed by atoms with Crippen LogP contribution in [0.5, 0.6) is 5.75 Å². The molecule has 2 aromatic rings. The first-order chi connectivity index (χ1) is 14.7.